The van der Waals surface area contributed by atoms with Gasteiger partial charge in [-0.2, -0.15) is 5.10 Å². The highest BCUT2D eigenvalue weighted by molar-refractivity contribution is 6.15. The number of carbonyl (C=O) groups is 1. The minimum Gasteiger partial charge on any atom is -0.392 e. The summed E-state index contributed by atoms with van der Waals surface area (Å²) in [5.74, 6) is 0.0617. The molecule has 0 radical (unpaired) electrons. The highest BCUT2D eigenvalue weighted by Gasteiger charge is 2.24. The maximum absolute atomic E-state index is 12.5. The Hall–Kier alpha value is -3.02. The molecule has 5 heteroatoms. The molecule has 1 aliphatic rings. The van der Waals surface area contributed by atoms with Crippen molar-refractivity contribution in [2.45, 2.75) is 19.6 Å². The number of Topliss-reactive ketones (excluding diaryl/α,β-unsaturated/α-hetero) is 1. The van der Waals surface area contributed by atoms with Gasteiger partial charge in [-0.1, -0.05) is 36.4 Å². The first kappa shape index (κ1) is 16.4. The Bertz CT molecular complexity index is 1020. The Morgan fingerprint density at radius 1 is 1.04 bits per heavy atom. The molecule has 0 aliphatic heterocycles. The number of aliphatic hydroxyl groups excluding tert-OH is 2. The summed E-state index contributed by atoms with van der Waals surface area (Å²) in [4.78, 5) is 12.5. The molecule has 0 atom stereocenters. The van der Waals surface area contributed by atoms with Crippen LogP contribution in [0.15, 0.2) is 54.1 Å². The standard InChI is InChI=1S/C21H18N2O3/c24-11-15-6-5-14(8-17(15)12-25)20-10-18(22-23-20)9-16-7-13-3-1-2-4-19(13)21(16)26/h1-6,8-10,24-25H,7,11-12H2,(H,22,23)/b16-9+. The number of fused-ring (bicyclic) bond motifs is 1. The van der Waals surface area contributed by atoms with Crippen molar-refractivity contribution in [1.82, 2.24) is 10.2 Å². The monoisotopic (exact) mass is 346 g/mol. The second kappa shape index (κ2) is 6.71. The lowest BCUT2D eigenvalue weighted by Crippen LogP contribution is -1.94. The molecule has 0 saturated heterocycles. The number of benzene rings is 2. The van der Waals surface area contributed by atoms with Crippen molar-refractivity contribution in [2.24, 2.45) is 0 Å². The fourth-order valence-electron chi connectivity index (χ4n) is 3.30. The van der Waals surface area contributed by atoms with Gasteiger partial charge in [-0.3, -0.25) is 9.89 Å². The predicted molar refractivity (Wildman–Crippen MR) is 98.3 cm³/mol. The second-order valence-corrected chi connectivity index (χ2v) is 6.34. The smallest absolute Gasteiger partial charge is 0.189 e. The number of carbonyl (C=O) groups excluding carboxylic acids is 1. The van der Waals surface area contributed by atoms with Gasteiger partial charge in [-0.05, 0) is 34.9 Å². The number of nitrogens with one attached hydrogen (secondary N) is 1. The molecular formula is C21H18N2O3. The minimum atomic E-state index is -0.141. The van der Waals surface area contributed by atoms with Crippen LogP contribution >= 0.6 is 0 Å². The highest BCUT2D eigenvalue weighted by Crippen LogP contribution is 2.28. The van der Waals surface area contributed by atoms with Crippen LogP contribution in [0.4, 0.5) is 0 Å². The molecule has 3 aromatic rings. The normalized spacial score (nSPS) is 14.8. The van der Waals surface area contributed by atoms with Gasteiger partial charge in [0.2, 0.25) is 0 Å². The molecule has 0 unspecified atom stereocenters. The topological polar surface area (TPSA) is 86.2 Å². The van der Waals surface area contributed by atoms with Crippen LogP contribution in [-0.4, -0.2) is 26.2 Å². The van der Waals surface area contributed by atoms with E-state index in [0.717, 1.165) is 33.7 Å². The lowest BCUT2D eigenvalue weighted by atomic mass is 10.0. The van der Waals surface area contributed by atoms with Crippen molar-refractivity contribution in [2.75, 3.05) is 0 Å². The molecule has 0 fully saturated rings. The van der Waals surface area contributed by atoms with Gasteiger partial charge in [0.15, 0.2) is 5.78 Å². The van der Waals surface area contributed by atoms with Gasteiger partial charge in [0.1, 0.15) is 0 Å². The number of aliphatic hydroxyl groups is 2. The number of hydrogen-bond acceptors (Lipinski definition) is 4. The number of nitrogens with zero attached hydrogens (tertiary/aromatic N) is 1. The Balaban J connectivity index is 1.63. The molecule has 0 bridgehead atoms. The van der Waals surface area contributed by atoms with E-state index >= 15 is 0 Å². The molecule has 1 aliphatic carbocycles. The molecule has 0 amide bonds. The predicted octanol–water partition coefficient (Wildman–Crippen LogP) is 2.88. The molecule has 2 aromatic carbocycles. The number of rotatable bonds is 4. The third kappa shape index (κ3) is 2.87. The molecule has 1 heterocycles. The maximum atomic E-state index is 12.5. The highest BCUT2D eigenvalue weighted by atomic mass is 16.3. The molecule has 26 heavy (non-hydrogen) atoms. The number of hydrogen-bond donors (Lipinski definition) is 3. The van der Waals surface area contributed by atoms with Gasteiger partial charge in [0.25, 0.3) is 0 Å². The summed E-state index contributed by atoms with van der Waals surface area (Å²) in [7, 11) is 0. The number of H-pyrrole nitrogens is 1. The van der Waals surface area contributed by atoms with E-state index in [1.54, 1.807) is 6.07 Å². The quantitative estimate of drug-likeness (QED) is 0.634. The molecule has 130 valence electrons. The van der Waals surface area contributed by atoms with Gasteiger partial charge in [-0.25, -0.2) is 0 Å². The van der Waals surface area contributed by atoms with E-state index in [1.807, 2.05) is 48.5 Å². The molecular weight excluding hydrogens is 328 g/mol. The van der Waals surface area contributed by atoms with Crippen LogP contribution in [0.2, 0.25) is 0 Å². The number of aromatic nitrogens is 2. The van der Waals surface area contributed by atoms with Crippen LogP contribution in [0.5, 0.6) is 0 Å². The van der Waals surface area contributed by atoms with Gasteiger partial charge in [0, 0.05) is 23.1 Å². The third-order valence-electron chi connectivity index (χ3n) is 4.70. The summed E-state index contributed by atoms with van der Waals surface area (Å²) in [5, 5.41) is 26.0. The van der Waals surface area contributed by atoms with E-state index in [9.17, 15) is 15.0 Å². The molecule has 0 saturated carbocycles. The Kier molecular flexibility index (Phi) is 4.24. The van der Waals surface area contributed by atoms with E-state index in [0.29, 0.717) is 17.5 Å². The maximum Gasteiger partial charge on any atom is 0.189 e. The summed E-state index contributed by atoms with van der Waals surface area (Å²) in [6, 6.07) is 15.0. The van der Waals surface area contributed by atoms with Crippen molar-refractivity contribution < 1.29 is 15.0 Å². The van der Waals surface area contributed by atoms with Crippen molar-refractivity contribution in [3.8, 4) is 11.3 Å². The van der Waals surface area contributed by atoms with Crippen LogP contribution in [0.1, 0.15) is 32.7 Å². The molecule has 5 nitrogen and oxygen atoms in total. The minimum absolute atomic E-state index is 0.0617. The fourth-order valence-corrected chi connectivity index (χ4v) is 3.30. The Labute approximate surface area is 150 Å². The molecule has 1 aromatic heterocycles. The van der Waals surface area contributed by atoms with Crippen LogP contribution in [0, 0.1) is 0 Å². The molecule has 3 N–H and O–H groups in total. The fraction of sp³-hybridized carbons (Fsp3) is 0.143. The van der Waals surface area contributed by atoms with Gasteiger partial charge in [0.05, 0.1) is 24.6 Å². The van der Waals surface area contributed by atoms with Crippen LogP contribution in [0.3, 0.4) is 0 Å². The van der Waals surface area contributed by atoms with E-state index in [1.165, 1.54) is 0 Å². The lowest BCUT2D eigenvalue weighted by molar-refractivity contribution is 0.104. The van der Waals surface area contributed by atoms with Crippen molar-refractivity contribution in [1.29, 1.82) is 0 Å². The van der Waals surface area contributed by atoms with E-state index in [-0.39, 0.29) is 19.0 Å². The largest absolute Gasteiger partial charge is 0.392 e. The van der Waals surface area contributed by atoms with Crippen molar-refractivity contribution >= 4 is 11.9 Å². The molecule has 4 rings (SSSR count). The lowest BCUT2D eigenvalue weighted by Gasteiger charge is -2.06. The zero-order valence-corrected chi connectivity index (χ0v) is 14.1. The van der Waals surface area contributed by atoms with Crippen LogP contribution < -0.4 is 0 Å². The van der Waals surface area contributed by atoms with Crippen LogP contribution in [0.25, 0.3) is 17.3 Å². The second-order valence-electron chi connectivity index (χ2n) is 6.34. The molecule has 0 spiro atoms. The Morgan fingerprint density at radius 3 is 2.62 bits per heavy atom. The number of ketones is 1. The zero-order chi connectivity index (χ0) is 18.1. The first-order chi connectivity index (χ1) is 12.7. The zero-order valence-electron chi connectivity index (χ0n) is 14.1. The summed E-state index contributed by atoms with van der Waals surface area (Å²) in [6.45, 7) is -0.255. The van der Waals surface area contributed by atoms with E-state index in [2.05, 4.69) is 10.2 Å². The SMILES string of the molecule is O=C1/C(=C/c2cc(-c3ccc(CO)c(CO)c3)n[nH]2)Cc2ccccc21. The van der Waals surface area contributed by atoms with E-state index in [4.69, 9.17) is 0 Å². The van der Waals surface area contributed by atoms with Crippen molar-refractivity contribution in [3.63, 3.8) is 0 Å². The summed E-state index contributed by atoms with van der Waals surface area (Å²) < 4.78 is 0. The summed E-state index contributed by atoms with van der Waals surface area (Å²) in [5.41, 5.74) is 6.26. The van der Waals surface area contributed by atoms with Gasteiger partial charge in [-0.15, -0.1) is 0 Å². The summed E-state index contributed by atoms with van der Waals surface area (Å²) >= 11 is 0. The first-order valence-electron chi connectivity index (χ1n) is 8.42. The van der Waals surface area contributed by atoms with Crippen LogP contribution in [-0.2, 0) is 19.6 Å². The van der Waals surface area contributed by atoms with Gasteiger partial charge >= 0.3 is 0 Å². The first-order valence-corrected chi connectivity index (χ1v) is 8.42. The number of allylic oxidation sites excluding steroid dienone is 1. The van der Waals surface area contributed by atoms with E-state index < -0.39 is 0 Å². The Morgan fingerprint density at radius 2 is 1.85 bits per heavy atom. The third-order valence-corrected chi connectivity index (χ3v) is 4.70. The van der Waals surface area contributed by atoms with Crippen molar-refractivity contribution in [3.05, 3.63) is 82.1 Å². The number of aromatic amines is 1. The summed E-state index contributed by atoms with van der Waals surface area (Å²) in [6.07, 6.45) is 2.47. The van der Waals surface area contributed by atoms with Gasteiger partial charge < -0.3 is 10.2 Å². The average molecular weight is 346 g/mol. The average Bonchev–Trinajstić information content (AvgIpc) is 3.27.